The largest absolute Gasteiger partial charge is 0.395 e. The summed E-state index contributed by atoms with van der Waals surface area (Å²) >= 11 is 1.12. The molecule has 0 unspecified atom stereocenters. The van der Waals surface area contributed by atoms with E-state index >= 15 is 0 Å². The molecular weight excluding hydrogens is 240 g/mol. The van der Waals surface area contributed by atoms with E-state index in [9.17, 15) is 9.59 Å². The summed E-state index contributed by atoms with van der Waals surface area (Å²) in [6, 6.07) is 1.51. The highest BCUT2D eigenvalue weighted by Crippen LogP contribution is 2.26. The minimum atomic E-state index is -0.365. The topological polar surface area (TPSA) is 92.4 Å². The third-order valence-corrected chi connectivity index (χ3v) is 3.15. The van der Waals surface area contributed by atoms with Crippen molar-refractivity contribution >= 4 is 28.0 Å². The maximum atomic E-state index is 11.7. The Balaban J connectivity index is 2.88. The van der Waals surface area contributed by atoms with Gasteiger partial charge in [0, 0.05) is 12.5 Å². The number of thiophene rings is 1. The molecule has 0 saturated heterocycles. The molecule has 0 atom stereocenters. The van der Waals surface area contributed by atoms with E-state index in [4.69, 9.17) is 10.8 Å². The summed E-state index contributed by atoms with van der Waals surface area (Å²) in [7, 11) is 0. The second-order valence-corrected chi connectivity index (χ2v) is 4.97. The Kier molecular flexibility index (Phi) is 4.65. The van der Waals surface area contributed by atoms with E-state index in [1.54, 1.807) is 13.8 Å². The Morgan fingerprint density at radius 1 is 1.53 bits per heavy atom. The second-order valence-electron chi connectivity index (χ2n) is 3.89. The molecule has 1 heterocycles. The van der Waals surface area contributed by atoms with Gasteiger partial charge in [0.15, 0.2) is 5.78 Å². The van der Waals surface area contributed by atoms with Crippen LogP contribution in [0.1, 0.15) is 33.9 Å². The molecule has 1 amide bonds. The first-order chi connectivity index (χ1) is 7.97. The minimum absolute atomic E-state index is 0.0251. The molecule has 0 aliphatic heterocycles. The summed E-state index contributed by atoms with van der Waals surface area (Å²) < 4.78 is 0. The summed E-state index contributed by atoms with van der Waals surface area (Å²) in [6.07, 6.45) is 0. The number of carbonyl (C=O) groups is 2. The molecule has 94 valence electrons. The molecule has 6 heteroatoms. The van der Waals surface area contributed by atoms with Gasteiger partial charge in [-0.2, -0.15) is 0 Å². The van der Waals surface area contributed by atoms with Gasteiger partial charge in [-0.15, -0.1) is 11.3 Å². The summed E-state index contributed by atoms with van der Waals surface area (Å²) in [5.41, 5.74) is 5.99. The fourth-order valence-corrected chi connectivity index (χ4v) is 2.26. The molecule has 0 aromatic carbocycles. The van der Waals surface area contributed by atoms with Gasteiger partial charge < -0.3 is 16.2 Å². The maximum absolute atomic E-state index is 11.7. The summed E-state index contributed by atoms with van der Waals surface area (Å²) in [6.45, 7) is 3.63. The lowest BCUT2D eigenvalue weighted by Gasteiger charge is -2.01. The van der Waals surface area contributed by atoms with Crippen LogP contribution >= 0.6 is 11.3 Å². The molecule has 17 heavy (non-hydrogen) atoms. The smallest absolute Gasteiger partial charge is 0.254 e. The molecule has 1 aromatic rings. The van der Waals surface area contributed by atoms with Gasteiger partial charge in [0.1, 0.15) is 0 Å². The zero-order valence-electron chi connectivity index (χ0n) is 9.82. The number of hydrogen-bond donors (Lipinski definition) is 3. The molecule has 0 radical (unpaired) electrons. The van der Waals surface area contributed by atoms with Crippen molar-refractivity contribution in [2.24, 2.45) is 5.92 Å². The molecule has 4 N–H and O–H groups in total. The number of aliphatic hydroxyl groups is 1. The van der Waals surface area contributed by atoms with Crippen molar-refractivity contribution in [2.75, 3.05) is 18.9 Å². The Hall–Kier alpha value is -1.40. The van der Waals surface area contributed by atoms with Gasteiger partial charge in [-0.25, -0.2) is 0 Å². The number of rotatable bonds is 5. The van der Waals surface area contributed by atoms with Crippen LogP contribution in [-0.4, -0.2) is 29.9 Å². The van der Waals surface area contributed by atoms with Gasteiger partial charge in [0.25, 0.3) is 5.91 Å². The number of hydrogen-bond acceptors (Lipinski definition) is 5. The van der Waals surface area contributed by atoms with E-state index in [1.165, 1.54) is 6.07 Å². The van der Waals surface area contributed by atoms with Gasteiger partial charge in [-0.05, 0) is 6.07 Å². The Morgan fingerprint density at radius 3 is 2.71 bits per heavy atom. The number of nitrogen functional groups attached to an aromatic ring is 1. The normalized spacial score (nSPS) is 10.6. The van der Waals surface area contributed by atoms with Gasteiger partial charge in [-0.3, -0.25) is 9.59 Å². The number of Topliss-reactive ketones (excluding diaryl/α,β-unsaturated/α-hetero) is 1. The molecule has 0 fully saturated rings. The quantitative estimate of drug-likeness (QED) is 0.682. The van der Waals surface area contributed by atoms with Gasteiger partial charge >= 0.3 is 0 Å². The fraction of sp³-hybridized carbons (Fsp3) is 0.455. The zero-order chi connectivity index (χ0) is 13.0. The van der Waals surface area contributed by atoms with Crippen molar-refractivity contribution < 1.29 is 14.7 Å². The van der Waals surface area contributed by atoms with Crippen molar-refractivity contribution in [1.82, 2.24) is 5.32 Å². The molecule has 5 nitrogen and oxygen atoms in total. The van der Waals surface area contributed by atoms with Crippen LogP contribution in [-0.2, 0) is 0 Å². The summed E-state index contributed by atoms with van der Waals surface area (Å²) in [5, 5.41) is 11.4. The predicted octanol–water partition coefficient (Wildman–Crippen LogP) is 0.891. The van der Waals surface area contributed by atoms with Gasteiger partial charge in [0.2, 0.25) is 0 Å². The minimum Gasteiger partial charge on any atom is -0.395 e. The lowest BCUT2D eigenvalue weighted by atomic mass is 10.1. The van der Waals surface area contributed by atoms with Crippen LogP contribution < -0.4 is 11.1 Å². The standard InChI is InChI=1S/C11H16N2O3S/c1-6(2)9(15)8-5-7(10(12)17-8)11(16)13-3-4-14/h5-6,14H,3-4,12H2,1-2H3,(H,13,16). The number of amides is 1. The Labute approximate surface area is 104 Å². The van der Waals surface area contributed by atoms with Crippen LogP contribution in [0.15, 0.2) is 6.07 Å². The Bertz CT molecular complexity index is 426. The molecule has 0 bridgehead atoms. The lowest BCUT2D eigenvalue weighted by molar-refractivity contribution is 0.0943. The average Bonchev–Trinajstić information content (AvgIpc) is 2.67. The molecule has 0 aliphatic carbocycles. The average molecular weight is 256 g/mol. The van der Waals surface area contributed by atoms with E-state index in [1.807, 2.05) is 0 Å². The van der Waals surface area contributed by atoms with Crippen LogP contribution in [0.4, 0.5) is 5.00 Å². The summed E-state index contributed by atoms with van der Waals surface area (Å²) in [4.78, 5) is 23.8. The number of nitrogens with two attached hydrogens (primary N) is 1. The van der Waals surface area contributed by atoms with Crippen molar-refractivity contribution in [2.45, 2.75) is 13.8 Å². The second kappa shape index (κ2) is 5.79. The molecule has 1 rings (SSSR count). The van der Waals surface area contributed by atoms with Crippen LogP contribution in [0.2, 0.25) is 0 Å². The van der Waals surface area contributed by atoms with Crippen molar-refractivity contribution in [3.05, 3.63) is 16.5 Å². The van der Waals surface area contributed by atoms with Crippen molar-refractivity contribution in [3.8, 4) is 0 Å². The van der Waals surface area contributed by atoms with Crippen LogP contribution in [0.25, 0.3) is 0 Å². The Morgan fingerprint density at radius 2 is 2.18 bits per heavy atom. The van der Waals surface area contributed by atoms with E-state index in [2.05, 4.69) is 5.32 Å². The fourth-order valence-electron chi connectivity index (χ4n) is 1.25. The lowest BCUT2D eigenvalue weighted by Crippen LogP contribution is -2.26. The van der Waals surface area contributed by atoms with Gasteiger partial charge in [0.05, 0.1) is 22.0 Å². The third kappa shape index (κ3) is 3.28. The first-order valence-corrected chi connectivity index (χ1v) is 6.11. The highest BCUT2D eigenvalue weighted by molar-refractivity contribution is 7.18. The summed E-state index contributed by atoms with van der Waals surface area (Å²) in [5.74, 6) is -0.514. The molecule has 0 spiro atoms. The highest BCUT2D eigenvalue weighted by atomic mass is 32.1. The number of anilines is 1. The molecule has 0 saturated carbocycles. The number of ketones is 1. The SMILES string of the molecule is CC(C)C(=O)c1cc(C(=O)NCCO)c(N)s1. The predicted molar refractivity (Wildman–Crippen MR) is 67.3 cm³/mol. The molecular formula is C11H16N2O3S. The van der Waals surface area contributed by atoms with Crippen molar-refractivity contribution in [3.63, 3.8) is 0 Å². The van der Waals surface area contributed by atoms with Crippen LogP contribution in [0.5, 0.6) is 0 Å². The first kappa shape index (κ1) is 13.7. The van der Waals surface area contributed by atoms with E-state index < -0.39 is 0 Å². The van der Waals surface area contributed by atoms with Crippen molar-refractivity contribution in [1.29, 1.82) is 0 Å². The zero-order valence-corrected chi connectivity index (χ0v) is 10.6. The van der Waals surface area contributed by atoms with Crippen LogP contribution in [0, 0.1) is 5.92 Å². The van der Waals surface area contributed by atoms with Gasteiger partial charge in [-0.1, -0.05) is 13.8 Å². The van der Waals surface area contributed by atoms with Crippen LogP contribution in [0.3, 0.4) is 0 Å². The van der Waals surface area contributed by atoms with E-state index in [0.29, 0.717) is 15.4 Å². The third-order valence-electron chi connectivity index (χ3n) is 2.17. The van der Waals surface area contributed by atoms with E-state index in [-0.39, 0.29) is 30.8 Å². The molecule has 1 aromatic heterocycles. The number of carbonyl (C=O) groups excluding carboxylic acids is 2. The number of nitrogens with one attached hydrogen (secondary N) is 1. The maximum Gasteiger partial charge on any atom is 0.254 e. The highest BCUT2D eigenvalue weighted by Gasteiger charge is 2.19. The molecule has 0 aliphatic rings. The number of aliphatic hydroxyl groups excluding tert-OH is 1. The van der Waals surface area contributed by atoms with E-state index in [0.717, 1.165) is 11.3 Å². The monoisotopic (exact) mass is 256 g/mol. The first-order valence-electron chi connectivity index (χ1n) is 5.30.